The van der Waals surface area contributed by atoms with Crippen LogP contribution in [0.5, 0.6) is 0 Å². The lowest BCUT2D eigenvalue weighted by atomic mass is 9.99. The number of hydrogen-bond acceptors (Lipinski definition) is 2. The van der Waals surface area contributed by atoms with Crippen LogP contribution in [0.4, 0.5) is 0 Å². The lowest BCUT2D eigenvalue weighted by Crippen LogP contribution is -2.42. The number of hydrogen-bond donors (Lipinski definition) is 2. The summed E-state index contributed by atoms with van der Waals surface area (Å²) in [6.07, 6.45) is 0. The molecule has 0 saturated carbocycles. The molecule has 4 nitrogen and oxygen atoms in total. The largest absolute Gasteiger partial charge is 0.356 e. The van der Waals surface area contributed by atoms with Gasteiger partial charge in [-0.1, -0.05) is 50.6 Å². The van der Waals surface area contributed by atoms with Crippen LogP contribution < -0.4 is 10.6 Å². The van der Waals surface area contributed by atoms with Gasteiger partial charge in [-0.05, 0) is 31.5 Å². The van der Waals surface area contributed by atoms with Crippen molar-refractivity contribution in [2.75, 3.05) is 39.8 Å². The molecule has 0 radical (unpaired) electrons. The Morgan fingerprint density at radius 2 is 1.91 bits per heavy atom. The predicted octanol–water partition coefficient (Wildman–Crippen LogP) is 3.22. The van der Waals surface area contributed by atoms with Crippen LogP contribution in [0, 0.1) is 6.92 Å². The molecule has 0 aliphatic rings. The van der Waals surface area contributed by atoms with Crippen LogP contribution in [-0.4, -0.2) is 50.6 Å². The fraction of sp³-hybridized carbons (Fsp3) is 0.611. The van der Waals surface area contributed by atoms with Crippen LogP contribution in [0.15, 0.2) is 29.3 Å². The molecular formula is C18H33IN4. The normalized spacial score (nSPS) is 12.7. The van der Waals surface area contributed by atoms with Crippen molar-refractivity contribution in [3.05, 3.63) is 35.4 Å². The standard InChI is InChI=1S/C18H32N4.HI/c1-6-22(7-2)12-11-20-18(19-5)21-14-16(4)17-10-8-9-15(3)13-17;/h8-10,13,16H,6-7,11-12,14H2,1-5H3,(H2,19,20,21);1H. The molecule has 0 aliphatic heterocycles. The third kappa shape index (κ3) is 8.55. The molecule has 1 unspecified atom stereocenters. The van der Waals surface area contributed by atoms with Crippen molar-refractivity contribution in [2.45, 2.75) is 33.6 Å². The Labute approximate surface area is 159 Å². The number of benzene rings is 1. The van der Waals surface area contributed by atoms with Gasteiger partial charge in [-0.3, -0.25) is 4.99 Å². The van der Waals surface area contributed by atoms with E-state index in [0.29, 0.717) is 5.92 Å². The molecule has 0 bridgehead atoms. The van der Waals surface area contributed by atoms with Crippen molar-refractivity contribution in [3.63, 3.8) is 0 Å². The first kappa shape index (κ1) is 22.2. The van der Waals surface area contributed by atoms with Gasteiger partial charge < -0.3 is 15.5 Å². The minimum absolute atomic E-state index is 0. The summed E-state index contributed by atoms with van der Waals surface area (Å²) in [6.45, 7) is 13.8. The first-order valence-corrected chi connectivity index (χ1v) is 8.34. The predicted molar refractivity (Wildman–Crippen MR) is 112 cm³/mol. The van der Waals surface area contributed by atoms with Crippen LogP contribution in [0.25, 0.3) is 0 Å². The molecule has 0 aliphatic carbocycles. The lowest BCUT2D eigenvalue weighted by molar-refractivity contribution is 0.308. The second kappa shape index (κ2) is 12.6. The SMILES string of the molecule is CCN(CC)CCNC(=NC)NCC(C)c1cccc(C)c1.I. The minimum Gasteiger partial charge on any atom is -0.356 e. The monoisotopic (exact) mass is 432 g/mol. The fourth-order valence-corrected chi connectivity index (χ4v) is 2.44. The smallest absolute Gasteiger partial charge is 0.191 e. The quantitative estimate of drug-likeness (QED) is 0.377. The number of rotatable bonds is 8. The maximum Gasteiger partial charge on any atom is 0.191 e. The van der Waals surface area contributed by atoms with Gasteiger partial charge >= 0.3 is 0 Å². The summed E-state index contributed by atoms with van der Waals surface area (Å²) in [4.78, 5) is 6.69. The van der Waals surface area contributed by atoms with E-state index in [9.17, 15) is 0 Å². The first-order valence-electron chi connectivity index (χ1n) is 8.34. The molecule has 132 valence electrons. The van der Waals surface area contributed by atoms with Crippen molar-refractivity contribution >= 4 is 29.9 Å². The van der Waals surface area contributed by atoms with Gasteiger partial charge in [0.25, 0.3) is 0 Å². The fourth-order valence-electron chi connectivity index (χ4n) is 2.44. The van der Waals surface area contributed by atoms with Gasteiger partial charge in [-0.25, -0.2) is 0 Å². The topological polar surface area (TPSA) is 39.7 Å². The van der Waals surface area contributed by atoms with Gasteiger partial charge in [-0.15, -0.1) is 24.0 Å². The number of likely N-dealkylation sites (N-methyl/N-ethyl adjacent to an activating group) is 1. The van der Waals surface area contributed by atoms with E-state index in [0.717, 1.165) is 38.7 Å². The van der Waals surface area contributed by atoms with Gasteiger partial charge in [0.1, 0.15) is 0 Å². The zero-order chi connectivity index (χ0) is 16.4. The first-order chi connectivity index (χ1) is 10.6. The van der Waals surface area contributed by atoms with Gasteiger partial charge in [0.05, 0.1) is 0 Å². The Morgan fingerprint density at radius 1 is 1.22 bits per heavy atom. The highest BCUT2D eigenvalue weighted by molar-refractivity contribution is 14.0. The highest BCUT2D eigenvalue weighted by Crippen LogP contribution is 2.15. The molecule has 1 rings (SSSR count). The van der Waals surface area contributed by atoms with E-state index in [-0.39, 0.29) is 24.0 Å². The van der Waals surface area contributed by atoms with E-state index in [1.54, 1.807) is 0 Å². The van der Waals surface area contributed by atoms with Crippen LogP contribution in [0.1, 0.15) is 37.8 Å². The van der Waals surface area contributed by atoms with Crippen LogP contribution >= 0.6 is 24.0 Å². The Hall–Kier alpha value is -0.820. The van der Waals surface area contributed by atoms with Crippen molar-refractivity contribution in [3.8, 4) is 0 Å². The van der Waals surface area contributed by atoms with Gasteiger partial charge in [0.15, 0.2) is 5.96 Å². The summed E-state index contributed by atoms with van der Waals surface area (Å²) in [5.74, 6) is 1.34. The zero-order valence-corrected chi connectivity index (χ0v) is 17.6. The molecule has 0 heterocycles. The highest BCUT2D eigenvalue weighted by Gasteiger charge is 2.07. The van der Waals surface area contributed by atoms with Crippen LogP contribution in [0.2, 0.25) is 0 Å². The van der Waals surface area contributed by atoms with Crippen molar-refractivity contribution < 1.29 is 0 Å². The van der Waals surface area contributed by atoms with Crippen molar-refractivity contribution in [1.29, 1.82) is 0 Å². The van der Waals surface area contributed by atoms with E-state index >= 15 is 0 Å². The van der Waals surface area contributed by atoms with E-state index < -0.39 is 0 Å². The van der Waals surface area contributed by atoms with E-state index in [1.165, 1.54) is 11.1 Å². The Morgan fingerprint density at radius 3 is 2.48 bits per heavy atom. The molecule has 0 amide bonds. The summed E-state index contributed by atoms with van der Waals surface area (Å²) in [6, 6.07) is 8.70. The van der Waals surface area contributed by atoms with Crippen molar-refractivity contribution in [1.82, 2.24) is 15.5 Å². The molecule has 0 aromatic heterocycles. The van der Waals surface area contributed by atoms with E-state index in [4.69, 9.17) is 0 Å². The minimum atomic E-state index is 0. The number of aryl methyl sites for hydroxylation is 1. The summed E-state index contributed by atoms with van der Waals surface area (Å²) in [5, 5.41) is 6.80. The Bertz CT molecular complexity index is 458. The summed E-state index contributed by atoms with van der Waals surface area (Å²) in [7, 11) is 1.82. The highest BCUT2D eigenvalue weighted by atomic mass is 127. The number of guanidine groups is 1. The van der Waals surface area contributed by atoms with Gasteiger partial charge in [0, 0.05) is 26.7 Å². The zero-order valence-electron chi connectivity index (χ0n) is 15.2. The molecule has 1 aromatic rings. The number of nitrogens with zero attached hydrogens (tertiary/aromatic N) is 2. The molecule has 23 heavy (non-hydrogen) atoms. The van der Waals surface area contributed by atoms with Crippen LogP contribution in [-0.2, 0) is 0 Å². The number of halogens is 1. The molecule has 0 saturated heterocycles. The number of nitrogens with one attached hydrogen (secondary N) is 2. The molecule has 2 N–H and O–H groups in total. The molecule has 0 fully saturated rings. The average Bonchev–Trinajstić information content (AvgIpc) is 2.54. The van der Waals surface area contributed by atoms with Crippen molar-refractivity contribution in [2.24, 2.45) is 4.99 Å². The summed E-state index contributed by atoms with van der Waals surface area (Å²) in [5.41, 5.74) is 2.68. The molecule has 1 aromatic carbocycles. The third-order valence-corrected chi connectivity index (χ3v) is 4.03. The van der Waals surface area contributed by atoms with E-state index in [2.05, 4.69) is 72.5 Å². The second-order valence-electron chi connectivity index (χ2n) is 5.72. The van der Waals surface area contributed by atoms with E-state index in [1.807, 2.05) is 7.05 Å². The van der Waals surface area contributed by atoms with Crippen LogP contribution in [0.3, 0.4) is 0 Å². The third-order valence-electron chi connectivity index (χ3n) is 4.03. The lowest BCUT2D eigenvalue weighted by Gasteiger charge is -2.20. The summed E-state index contributed by atoms with van der Waals surface area (Å²) < 4.78 is 0. The Balaban J connectivity index is 0.00000484. The molecule has 1 atom stereocenters. The summed E-state index contributed by atoms with van der Waals surface area (Å²) >= 11 is 0. The Kier molecular flexibility index (Phi) is 12.1. The van der Waals surface area contributed by atoms with Gasteiger partial charge in [-0.2, -0.15) is 0 Å². The maximum atomic E-state index is 4.30. The molecule has 0 spiro atoms. The molecule has 5 heteroatoms. The average molecular weight is 432 g/mol. The molecular weight excluding hydrogens is 399 g/mol. The number of aliphatic imine (C=N–C) groups is 1. The van der Waals surface area contributed by atoms with Gasteiger partial charge in [0.2, 0.25) is 0 Å². The maximum absolute atomic E-state index is 4.30. The second-order valence-corrected chi connectivity index (χ2v) is 5.72.